The summed E-state index contributed by atoms with van der Waals surface area (Å²) >= 11 is 0. The standard InChI is InChI=1S/C16H25NO2/c1-3-12-6-4-5-7-16(12)17-11(2)13-8-14(18)10-15(19)9-13/h8-12,16-19H,3-7H2,1-2H3. The zero-order valence-corrected chi connectivity index (χ0v) is 11.9. The van der Waals surface area contributed by atoms with E-state index < -0.39 is 0 Å². The van der Waals surface area contributed by atoms with Crippen LogP contribution in [0.4, 0.5) is 0 Å². The fourth-order valence-electron chi connectivity index (χ4n) is 3.20. The molecule has 0 heterocycles. The van der Waals surface area contributed by atoms with Crippen molar-refractivity contribution in [3.63, 3.8) is 0 Å². The molecule has 106 valence electrons. The van der Waals surface area contributed by atoms with Crippen molar-refractivity contribution < 1.29 is 10.2 Å². The lowest BCUT2D eigenvalue weighted by atomic mass is 9.82. The van der Waals surface area contributed by atoms with E-state index in [1.807, 2.05) is 0 Å². The van der Waals surface area contributed by atoms with Gasteiger partial charge >= 0.3 is 0 Å². The normalized spacial score (nSPS) is 25.2. The highest BCUT2D eigenvalue weighted by atomic mass is 16.3. The van der Waals surface area contributed by atoms with E-state index in [1.165, 1.54) is 38.2 Å². The topological polar surface area (TPSA) is 52.5 Å². The van der Waals surface area contributed by atoms with Gasteiger partial charge in [-0.2, -0.15) is 0 Å². The molecule has 0 amide bonds. The quantitative estimate of drug-likeness (QED) is 0.776. The van der Waals surface area contributed by atoms with Crippen molar-refractivity contribution in [3.05, 3.63) is 23.8 Å². The molecule has 1 saturated carbocycles. The first-order valence-corrected chi connectivity index (χ1v) is 7.39. The number of rotatable bonds is 4. The predicted octanol–water partition coefficient (Wildman–Crippen LogP) is 3.72. The van der Waals surface area contributed by atoms with Crippen LogP contribution in [0.1, 0.15) is 57.6 Å². The maximum absolute atomic E-state index is 9.56. The molecule has 2 rings (SSSR count). The van der Waals surface area contributed by atoms with Crippen molar-refractivity contribution in [2.75, 3.05) is 0 Å². The Morgan fingerprint density at radius 1 is 1.16 bits per heavy atom. The number of phenols is 2. The van der Waals surface area contributed by atoms with Gasteiger partial charge in [-0.15, -0.1) is 0 Å². The van der Waals surface area contributed by atoms with Crippen LogP contribution in [0.5, 0.6) is 11.5 Å². The molecular formula is C16H25NO2. The number of nitrogens with one attached hydrogen (secondary N) is 1. The Labute approximate surface area is 115 Å². The minimum atomic E-state index is 0.124. The second-order valence-electron chi connectivity index (χ2n) is 5.73. The van der Waals surface area contributed by atoms with Gasteiger partial charge in [-0.3, -0.25) is 0 Å². The fourth-order valence-corrected chi connectivity index (χ4v) is 3.20. The van der Waals surface area contributed by atoms with Crippen molar-refractivity contribution in [1.82, 2.24) is 5.32 Å². The molecule has 0 saturated heterocycles. The summed E-state index contributed by atoms with van der Waals surface area (Å²) < 4.78 is 0. The molecule has 3 N–H and O–H groups in total. The van der Waals surface area contributed by atoms with E-state index in [4.69, 9.17) is 0 Å². The lowest BCUT2D eigenvalue weighted by molar-refractivity contribution is 0.240. The molecule has 1 aromatic carbocycles. The summed E-state index contributed by atoms with van der Waals surface area (Å²) in [5, 5.41) is 22.8. The molecule has 1 fully saturated rings. The first-order valence-electron chi connectivity index (χ1n) is 7.39. The molecule has 0 aromatic heterocycles. The van der Waals surface area contributed by atoms with Crippen LogP contribution in [0.2, 0.25) is 0 Å². The van der Waals surface area contributed by atoms with E-state index in [2.05, 4.69) is 19.2 Å². The van der Waals surface area contributed by atoms with Crippen LogP contribution in [0.3, 0.4) is 0 Å². The Kier molecular flexibility index (Phi) is 4.70. The minimum absolute atomic E-state index is 0.124. The molecule has 19 heavy (non-hydrogen) atoms. The molecule has 3 nitrogen and oxygen atoms in total. The monoisotopic (exact) mass is 263 g/mol. The highest BCUT2D eigenvalue weighted by Gasteiger charge is 2.25. The lowest BCUT2D eigenvalue weighted by Crippen LogP contribution is -2.39. The van der Waals surface area contributed by atoms with Crippen molar-refractivity contribution >= 4 is 0 Å². The zero-order valence-electron chi connectivity index (χ0n) is 11.9. The summed E-state index contributed by atoms with van der Waals surface area (Å²) in [6.45, 7) is 4.35. The maximum atomic E-state index is 9.56. The summed E-state index contributed by atoms with van der Waals surface area (Å²) in [5.41, 5.74) is 0.943. The SMILES string of the molecule is CCC1CCCCC1NC(C)c1cc(O)cc(O)c1. The Hall–Kier alpha value is -1.22. The van der Waals surface area contributed by atoms with Gasteiger partial charge in [0.2, 0.25) is 0 Å². The van der Waals surface area contributed by atoms with Gasteiger partial charge in [0.25, 0.3) is 0 Å². The van der Waals surface area contributed by atoms with Gasteiger partial charge in [-0.25, -0.2) is 0 Å². The summed E-state index contributed by atoms with van der Waals surface area (Å²) in [6, 6.07) is 5.52. The van der Waals surface area contributed by atoms with Gasteiger partial charge in [-0.1, -0.05) is 26.2 Å². The van der Waals surface area contributed by atoms with Gasteiger partial charge in [0.15, 0.2) is 0 Å². The smallest absolute Gasteiger partial charge is 0.119 e. The van der Waals surface area contributed by atoms with Crippen molar-refractivity contribution in [1.29, 1.82) is 0 Å². The molecule has 0 spiro atoms. The van der Waals surface area contributed by atoms with E-state index in [1.54, 1.807) is 12.1 Å². The summed E-state index contributed by atoms with van der Waals surface area (Å²) in [4.78, 5) is 0. The third kappa shape index (κ3) is 3.63. The Balaban J connectivity index is 2.04. The molecular weight excluding hydrogens is 238 g/mol. The molecule has 1 aliphatic carbocycles. The first-order chi connectivity index (χ1) is 9.10. The third-order valence-electron chi connectivity index (χ3n) is 4.32. The summed E-state index contributed by atoms with van der Waals surface area (Å²) in [7, 11) is 0. The summed E-state index contributed by atoms with van der Waals surface area (Å²) in [6.07, 6.45) is 6.40. The Bertz CT molecular complexity index is 399. The number of hydrogen-bond donors (Lipinski definition) is 3. The lowest BCUT2D eigenvalue weighted by Gasteiger charge is -2.34. The number of aromatic hydroxyl groups is 2. The Morgan fingerprint density at radius 2 is 1.79 bits per heavy atom. The van der Waals surface area contributed by atoms with Gasteiger partial charge in [0, 0.05) is 18.2 Å². The second-order valence-corrected chi connectivity index (χ2v) is 5.73. The number of phenolic OH excluding ortho intramolecular Hbond substituents is 2. The number of hydrogen-bond acceptors (Lipinski definition) is 3. The summed E-state index contributed by atoms with van der Waals surface area (Å²) in [5.74, 6) is 1.00. The average Bonchev–Trinajstić information content (AvgIpc) is 2.38. The fraction of sp³-hybridized carbons (Fsp3) is 0.625. The highest BCUT2D eigenvalue weighted by Crippen LogP contribution is 2.30. The molecule has 3 heteroatoms. The van der Waals surface area contributed by atoms with Crippen LogP contribution >= 0.6 is 0 Å². The minimum Gasteiger partial charge on any atom is -0.508 e. The first kappa shape index (κ1) is 14.2. The highest BCUT2D eigenvalue weighted by molar-refractivity contribution is 5.38. The third-order valence-corrected chi connectivity index (χ3v) is 4.32. The van der Waals surface area contributed by atoms with E-state index in [0.717, 1.165) is 11.5 Å². The molecule has 0 aliphatic heterocycles. The van der Waals surface area contributed by atoms with Crippen molar-refractivity contribution in [2.24, 2.45) is 5.92 Å². The molecule has 1 aromatic rings. The number of benzene rings is 1. The van der Waals surface area contributed by atoms with Gasteiger partial charge in [0.1, 0.15) is 11.5 Å². The maximum Gasteiger partial charge on any atom is 0.119 e. The van der Waals surface area contributed by atoms with Gasteiger partial charge in [-0.05, 0) is 43.4 Å². The predicted molar refractivity (Wildman–Crippen MR) is 77.4 cm³/mol. The molecule has 0 radical (unpaired) electrons. The van der Waals surface area contributed by atoms with Crippen LogP contribution < -0.4 is 5.32 Å². The Morgan fingerprint density at radius 3 is 2.42 bits per heavy atom. The van der Waals surface area contributed by atoms with Gasteiger partial charge < -0.3 is 15.5 Å². The average molecular weight is 263 g/mol. The molecule has 0 bridgehead atoms. The van der Waals surface area contributed by atoms with Crippen molar-refractivity contribution in [3.8, 4) is 11.5 Å². The van der Waals surface area contributed by atoms with Crippen molar-refractivity contribution in [2.45, 2.75) is 58.0 Å². The van der Waals surface area contributed by atoms with Crippen LogP contribution in [0, 0.1) is 5.92 Å². The largest absolute Gasteiger partial charge is 0.508 e. The van der Waals surface area contributed by atoms with E-state index in [0.29, 0.717) is 6.04 Å². The van der Waals surface area contributed by atoms with Crippen LogP contribution in [-0.4, -0.2) is 16.3 Å². The van der Waals surface area contributed by atoms with Crippen LogP contribution in [0.25, 0.3) is 0 Å². The molecule has 3 unspecified atom stereocenters. The van der Waals surface area contributed by atoms with E-state index >= 15 is 0 Å². The van der Waals surface area contributed by atoms with Crippen LogP contribution in [0.15, 0.2) is 18.2 Å². The zero-order chi connectivity index (χ0) is 13.8. The second kappa shape index (κ2) is 6.29. The van der Waals surface area contributed by atoms with E-state index in [9.17, 15) is 10.2 Å². The van der Waals surface area contributed by atoms with Gasteiger partial charge in [0.05, 0.1) is 0 Å². The van der Waals surface area contributed by atoms with Crippen LogP contribution in [-0.2, 0) is 0 Å². The van der Waals surface area contributed by atoms with E-state index in [-0.39, 0.29) is 17.5 Å². The molecule has 1 aliphatic rings. The molecule has 3 atom stereocenters.